The number of benzene rings is 2. The van der Waals surface area contributed by atoms with E-state index in [0.717, 1.165) is 33.7 Å². The van der Waals surface area contributed by atoms with E-state index < -0.39 is 11.7 Å². The van der Waals surface area contributed by atoms with Gasteiger partial charge in [-0.05, 0) is 54.8 Å². The number of para-hydroxylation sites is 1. The largest absolute Gasteiger partial charge is 0.496 e. The highest BCUT2D eigenvalue weighted by Crippen LogP contribution is 2.31. The smallest absolute Gasteiger partial charge is 0.416 e. The summed E-state index contributed by atoms with van der Waals surface area (Å²) in [6.45, 7) is 3.24. The molecule has 1 aliphatic rings. The van der Waals surface area contributed by atoms with Crippen molar-refractivity contribution in [2.24, 2.45) is 0 Å². The Morgan fingerprint density at radius 1 is 1.03 bits per heavy atom. The highest BCUT2D eigenvalue weighted by Gasteiger charge is 2.34. The van der Waals surface area contributed by atoms with Crippen LogP contribution >= 0.6 is 11.3 Å². The fraction of sp³-hybridized carbons (Fsp3) is 0.286. The van der Waals surface area contributed by atoms with Gasteiger partial charge in [0.1, 0.15) is 16.3 Å². The molecule has 4 aromatic rings. The molecule has 0 bridgehead atoms. The van der Waals surface area contributed by atoms with E-state index >= 15 is 0 Å². The van der Waals surface area contributed by atoms with E-state index in [1.54, 1.807) is 28.2 Å². The van der Waals surface area contributed by atoms with E-state index in [1.807, 2.05) is 53.3 Å². The highest BCUT2D eigenvalue weighted by molar-refractivity contribution is 7.16. The van der Waals surface area contributed by atoms with Gasteiger partial charge in [-0.2, -0.15) is 13.2 Å². The number of nitrogens with zero attached hydrogens (tertiary/aromatic N) is 3. The molecule has 6 nitrogen and oxygen atoms in total. The van der Waals surface area contributed by atoms with Gasteiger partial charge in [-0.15, -0.1) is 11.3 Å². The van der Waals surface area contributed by atoms with Crippen LogP contribution in [0.4, 0.5) is 13.2 Å². The van der Waals surface area contributed by atoms with Crippen LogP contribution in [0.3, 0.4) is 0 Å². The topological polar surface area (TPSA) is 54.8 Å². The molecule has 2 aromatic heterocycles. The van der Waals surface area contributed by atoms with Crippen molar-refractivity contribution in [2.45, 2.75) is 25.7 Å². The van der Waals surface area contributed by atoms with Crippen molar-refractivity contribution >= 4 is 33.4 Å². The second kappa shape index (κ2) is 10.2. The highest BCUT2D eigenvalue weighted by atomic mass is 32.1. The maximum Gasteiger partial charge on any atom is 0.416 e. The van der Waals surface area contributed by atoms with Gasteiger partial charge in [-0.1, -0.05) is 18.2 Å². The van der Waals surface area contributed by atoms with Crippen LogP contribution in [0.2, 0.25) is 0 Å². The lowest BCUT2D eigenvalue weighted by Crippen LogP contribution is -2.55. The van der Waals surface area contributed by atoms with Crippen LogP contribution in [-0.4, -0.2) is 59.0 Å². The molecule has 1 saturated heterocycles. The third kappa shape index (κ3) is 4.88. The van der Waals surface area contributed by atoms with E-state index in [9.17, 15) is 22.8 Å². The average Bonchev–Trinajstić information content (AvgIpc) is 3.50. The quantitative estimate of drug-likeness (QED) is 0.323. The number of fused-ring (bicyclic) bond motifs is 1. The third-order valence-electron chi connectivity index (χ3n) is 6.88. The predicted molar refractivity (Wildman–Crippen MR) is 140 cm³/mol. The number of aromatic nitrogens is 1. The molecule has 0 spiro atoms. The first-order valence-corrected chi connectivity index (χ1v) is 13.0. The maximum atomic E-state index is 13.7. The van der Waals surface area contributed by atoms with E-state index in [4.69, 9.17) is 4.74 Å². The zero-order valence-corrected chi connectivity index (χ0v) is 21.7. The lowest BCUT2D eigenvalue weighted by Gasteiger charge is -2.40. The molecule has 0 unspecified atom stereocenters. The minimum atomic E-state index is -4.46. The zero-order chi connectivity index (χ0) is 27.0. The van der Waals surface area contributed by atoms with Crippen molar-refractivity contribution in [1.82, 2.24) is 14.4 Å². The second-order valence-electron chi connectivity index (χ2n) is 9.28. The van der Waals surface area contributed by atoms with Crippen LogP contribution in [-0.2, 0) is 12.7 Å². The van der Waals surface area contributed by atoms with Crippen LogP contribution in [0.5, 0.6) is 5.75 Å². The lowest BCUT2D eigenvalue weighted by molar-refractivity contribution is -0.137. The maximum absolute atomic E-state index is 13.7. The summed E-state index contributed by atoms with van der Waals surface area (Å²) in [7, 11) is 1.62. The van der Waals surface area contributed by atoms with Crippen molar-refractivity contribution in [1.29, 1.82) is 0 Å². The van der Waals surface area contributed by atoms with Gasteiger partial charge in [0.2, 0.25) is 0 Å². The Hall–Kier alpha value is -3.79. The van der Waals surface area contributed by atoms with Crippen molar-refractivity contribution in [3.05, 3.63) is 88.4 Å². The Bertz CT molecular complexity index is 1480. The first kappa shape index (κ1) is 25.8. The fourth-order valence-electron chi connectivity index (χ4n) is 4.89. The van der Waals surface area contributed by atoms with Gasteiger partial charge in [0.25, 0.3) is 11.8 Å². The zero-order valence-electron chi connectivity index (χ0n) is 20.9. The summed E-state index contributed by atoms with van der Waals surface area (Å²) >= 11 is 1.56. The molecule has 0 aliphatic carbocycles. The first-order chi connectivity index (χ1) is 18.2. The lowest BCUT2D eigenvalue weighted by atomic mass is 10.1. The van der Waals surface area contributed by atoms with E-state index in [2.05, 4.69) is 0 Å². The van der Waals surface area contributed by atoms with E-state index in [0.29, 0.717) is 25.3 Å². The summed E-state index contributed by atoms with van der Waals surface area (Å²) < 4.78 is 46.2. The number of thiophene rings is 1. The molecule has 38 heavy (non-hydrogen) atoms. The summed E-state index contributed by atoms with van der Waals surface area (Å²) in [4.78, 5) is 31.1. The van der Waals surface area contributed by atoms with Crippen molar-refractivity contribution in [2.75, 3.05) is 26.7 Å². The normalized spacial score (nSPS) is 16.2. The number of halogens is 3. The number of hydrogen-bond acceptors (Lipinski definition) is 4. The van der Waals surface area contributed by atoms with Crippen LogP contribution in [0.1, 0.15) is 38.9 Å². The summed E-state index contributed by atoms with van der Waals surface area (Å²) in [5, 5.41) is 2.98. The van der Waals surface area contributed by atoms with Gasteiger partial charge in [0, 0.05) is 42.2 Å². The summed E-state index contributed by atoms with van der Waals surface area (Å²) in [5.41, 5.74) is 0.909. The Morgan fingerprint density at radius 2 is 1.76 bits per heavy atom. The number of amides is 2. The Kier molecular flexibility index (Phi) is 6.92. The second-order valence-corrected chi connectivity index (χ2v) is 10.2. The van der Waals surface area contributed by atoms with Crippen LogP contribution < -0.4 is 4.74 Å². The molecule has 3 heterocycles. The molecular weight excluding hydrogens is 515 g/mol. The predicted octanol–water partition coefficient (Wildman–Crippen LogP) is 5.77. The van der Waals surface area contributed by atoms with Gasteiger partial charge in [0.15, 0.2) is 0 Å². The molecule has 10 heteroatoms. The molecule has 2 aromatic carbocycles. The molecule has 1 aliphatic heterocycles. The fourth-order valence-corrected chi connectivity index (χ4v) is 5.78. The minimum absolute atomic E-state index is 0.128. The van der Waals surface area contributed by atoms with Gasteiger partial charge in [-0.3, -0.25) is 9.59 Å². The van der Waals surface area contributed by atoms with E-state index in [-0.39, 0.29) is 30.0 Å². The summed E-state index contributed by atoms with van der Waals surface area (Å²) in [6.07, 6.45) is -4.46. The number of ether oxygens (including phenoxy) is 1. The molecule has 1 atom stereocenters. The van der Waals surface area contributed by atoms with Gasteiger partial charge in [-0.25, -0.2) is 0 Å². The number of rotatable bonds is 5. The molecule has 5 rings (SSSR count). The van der Waals surface area contributed by atoms with Crippen LogP contribution in [0.25, 0.3) is 10.2 Å². The van der Waals surface area contributed by atoms with Gasteiger partial charge >= 0.3 is 6.18 Å². The van der Waals surface area contributed by atoms with Crippen molar-refractivity contribution < 1.29 is 27.5 Å². The monoisotopic (exact) mass is 541 g/mol. The minimum Gasteiger partial charge on any atom is -0.496 e. The molecular formula is C28H26F3N3O3S. The molecule has 0 radical (unpaired) electrons. The SMILES string of the molecule is COc1ccccc1Cn1c(C(=O)N2CCN(C(=O)c3ccc(C(F)(F)F)cc3)[C@@H](C)C2)cc2ccsc21. The molecule has 0 saturated carbocycles. The molecule has 198 valence electrons. The van der Waals surface area contributed by atoms with Crippen LogP contribution in [0.15, 0.2) is 66.0 Å². The standard InChI is InChI=1S/C28H26F3N3O3S/c1-18-16-32(12-13-33(18)25(35)19-7-9-22(10-8-19)28(29,30)31)26(36)23-15-20-11-14-38-27(20)34(23)17-21-5-3-4-6-24(21)37-2/h3-11,14-15,18H,12-13,16-17H2,1-2H3/t18-/m0/s1. The number of methoxy groups -OCH3 is 1. The number of alkyl halides is 3. The molecule has 1 fully saturated rings. The number of piperazine rings is 1. The average molecular weight is 542 g/mol. The summed E-state index contributed by atoms with van der Waals surface area (Å²) in [5.74, 6) is 0.267. The molecule has 2 amide bonds. The van der Waals surface area contributed by atoms with Crippen molar-refractivity contribution in [3.63, 3.8) is 0 Å². The van der Waals surface area contributed by atoms with Crippen molar-refractivity contribution in [3.8, 4) is 5.75 Å². The van der Waals surface area contributed by atoms with Gasteiger partial charge < -0.3 is 19.1 Å². The Labute approximate surface area is 221 Å². The number of hydrogen-bond donors (Lipinski definition) is 0. The van der Waals surface area contributed by atoms with Crippen LogP contribution in [0, 0.1) is 0 Å². The Balaban J connectivity index is 1.34. The molecule has 0 N–H and O–H groups in total. The van der Waals surface area contributed by atoms with Gasteiger partial charge in [0.05, 0.1) is 19.2 Å². The first-order valence-electron chi connectivity index (χ1n) is 12.1. The van der Waals surface area contributed by atoms with E-state index in [1.165, 1.54) is 12.1 Å². The Morgan fingerprint density at radius 3 is 2.45 bits per heavy atom. The number of carbonyl (C=O) groups is 2. The number of carbonyl (C=O) groups excluding carboxylic acids is 2. The summed E-state index contributed by atoms with van der Waals surface area (Å²) in [6, 6.07) is 15.5. The third-order valence-corrected chi connectivity index (χ3v) is 7.83.